The van der Waals surface area contributed by atoms with Crippen LogP contribution in [0.5, 0.6) is 17.2 Å². The summed E-state index contributed by atoms with van der Waals surface area (Å²) in [6.07, 6.45) is 0. The smallest absolute Gasteiger partial charge is 0.222 e. The van der Waals surface area contributed by atoms with E-state index in [2.05, 4.69) is 9.97 Å². The van der Waals surface area contributed by atoms with E-state index in [1.165, 1.54) is 0 Å². The number of methoxy groups -OCH3 is 1. The quantitative estimate of drug-likeness (QED) is 0.753. The van der Waals surface area contributed by atoms with Gasteiger partial charge >= 0.3 is 0 Å². The van der Waals surface area contributed by atoms with Gasteiger partial charge in [-0.2, -0.15) is 10.2 Å². The van der Waals surface area contributed by atoms with E-state index in [1.807, 2.05) is 18.2 Å². The first-order valence-corrected chi connectivity index (χ1v) is 7.36. The van der Waals surface area contributed by atoms with Crippen molar-refractivity contribution in [3.8, 4) is 34.6 Å². The Bertz CT molecular complexity index is 949. The highest BCUT2D eigenvalue weighted by atomic mass is 16.5. The molecular weight excluding hydrogens is 318 g/mol. The predicted molar refractivity (Wildman–Crippen MR) is 94.1 cm³/mol. The van der Waals surface area contributed by atoms with Crippen LogP contribution in [0.4, 0.5) is 11.8 Å². The lowest BCUT2D eigenvalue weighted by Gasteiger charge is -2.13. The van der Waals surface area contributed by atoms with E-state index in [9.17, 15) is 5.26 Å². The van der Waals surface area contributed by atoms with E-state index in [0.717, 1.165) is 5.75 Å². The number of nitrogens with zero attached hydrogens (tertiary/aromatic N) is 3. The second-order valence-corrected chi connectivity index (χ2v) is 5.08. The number of nitrogen functional groups attached to an aromatic ring is 2. The molecule has 25 heavy (non-hydrogen) atoms. The number of anilines is 2. The minimum atomic E-state index is -0.00856. The van der Waals surface area contributed by atoms with Crippen molar-refractivity contribution in [3.05, 3.63) is 54.1 Å². The Hall–Kier alpha value is -3.79. The lowest BCUT2D eigenvalue weighted by Crippen LogP contribution is -2.05. The van der Waals surface area contributed by atoms with E-state index < -0.39 is 0 Å². The van der Waals surface area contributed by atoms with Crippen LogP contribution in [0.2, 0.25) is 0 Å². The summed E-state index contributed by atoms with van der Waals surface area (Å²) in [7, 11) is 1.60. The van der Waals surface area contributed by atoms with Gasteiger partial charge in [0, 0.05) is 5.56 Å². The van der Waals surface area contributed by atoms with Crippen molar-refractivity contribution in [1.82, 2.24) is 9.97 Å². The van der Waals surface area contributed by atoms with Crippen LogP contribution in [-0.2, 0) is 0 Å². The maximum Gasteiger partial charge on any atom is 0.222 e. The van der Waals surface area contributed by atoms with Crippen molar-refractivity contribution in [2.45, 2.75) is 0 Å². The van der Waals surface area contributed by atoms with Crippen molar-refractivity contribution in [1.29, 1.82) is 5.26 Å². The van der Waals surface area contributed by atoms with Gasteiger partial charge in [-0.15, -0.1) is 0 Å². The van der Waals surface area contributed by atoms with Crippen molar-refractivity contribution >= 4 is 11.8 Å². The van der Waals surface area contributed by atoms with Gasteiger partial charge in [-0.3, -0.25) is 0 Å². The molecular formula is C18H15N5O2. The van der Waals surface area contributed by atoms with Crippen molar-refractivity contribution in [3.63, 3.8) is 0 Å². The molecule has 2 aromatic carbocycles. The van der Waals surface area contributed by atoms with Gasteiger partial charge in [-0.25, -0.2) is 4.98 Å². The van der Waals surface area contributed by atoms with Gasteiger partial charge in [0.05, 0.1) is 12.8 Å². The normalized spacial score (nSPS) is 10.1. The first-order valence-electron chi connectivity index (χ1n) is 7.36. The summed E-state index contributed by atoms with van der Waals surface area (Å²) in [5.74, 6) is 1.88. The molecule has 0 aliphatic rings. The highest BCUT2D eigenvalue weighted by Crippen LogP contribution is 2.35. The Balaban J connectivity index is 2.06. The molecule has 0 amide bonds. The van der Waals surface area contributed by atoms with Crippen LogP contribution in [0.3, 0.4) is 0 Å². The van der Waals surface area contributed by atoms with Crippen LogP contribution >= 0.6 is 0 Å². The minimum Gasteiger partial charge on any atom is -0.497 e. The lowest BCUT2D eigenvalue weighted by molar-refractivity contribution is 0.413. The zero-order chi connectivity index (χ0) is 17.8. The molecule has 0 saturated carbocycles. The number of benzene rings is 2. The van der Waals surface area contributed by atoms with E-state index >= 15 is 0 Å². The summed E-state index contributed by atoms with van der Waals surface area (Å²) in [6.45, 7) is 0. The summed E-state index contributed by atoms with van der Waals surface area (Å²) >= 11 is 0. The fraction of sp³-hybridized carbons (Fsp3) is 0.0556. The number of rotatable bonds is 4. The van der Waals surface area contributed by atoms with E-state index in [4.69, 9.17) is 20.9 Å². The molecule has 0 fully saturated rings. The second-order valence-electron chi connectivity index (χ2n) is 5.08. The number of hydrogen-bond acceptors (Lipinski definition) is 7. The lowest BCUT2D eigenvalue weighted by atomic mass is 10.1. The summed E-state index contributed by atoms with van der Waals surface area (Å²) in [4.78, 5) is 8.00. The monoisotopic (exact) mass is 333 g/mol. The zero-order valence-electron chi connectivity index (χ0n) is 13.4. The van der Waals surface area contributed by atoms with Crippen molar-refractivity contribution in [2.75, 3.05) is 18.6 Å². The third-order valence-corrected chi connectivity index (χ3v) is 3.50. The number of aromatic nitrogens is 2. The molecule has 7 nitrogen and oxygen atoms in total. The number of para-hydroxylation sites is 1. The highest BCUT2D eigenvalue weighted by Gasteiger charge is 2.17. The average molecular weight is 333 g/mol. The van der Waals surface area contributed by atoms with Crippen molar-refractivity contribution in [2.24, 2.45) is 0 Å². The largest absolute Gasteiger partial charge is 0.497 e. The third kappa shape index (κ3) is 3.28. The van der Waals surface area contributed by atoms with E-state index in [0.29, 0.717) is 22.8 Å². The van der Waals surface area contributed by atoms with Crippen LogP contribution in [0.1, 0.15) is 5.56 Å². The maximum atomic E-state index is 9.38. The number of hydrogen-bond donors (Lipinski definition) is 2. The standard InChI is InChI=1S/C18H15N5O2/c1-24-11-6-8-12(9-7-11)25-15-5-3-2-4-13(15)16-14(10-19)17(20)23-18(21)22-16/h2-9H,1H3,(H4,20,21,22,23). The molecule has 0 bridgehead atoms. The van der Waals surface area contributed by atoms with E-state index in [1.54, 1.807) is 43.5 Å². The third-order valence-electron chi connectivity index (χ3n) is 3.50. The molecule has 1 aromatic heterocycles. The summed E-state index contributed by atoms with van der Waals surface area (Å²) < 4.78 is 11.1. The van der Waals surface area contributed by atoms with Crippen LogP contribution in [0.15, 0.2) is 48.5 Å². The first-order chi connectivity index (χ1) is 12.1. The Morgan fingerprint density at radius 1 is 0.960 bits per heavy atom. The molecule has 0 aliphatic carbocycles. The molecule has 0 spiro atoms. The van der Waals surface area contributed by atoms with E-state index in [-0.39, 0.29) is 17.3 Å². The van der Waals surface area contributed by atoms with Gasteiger partial charge in [-0.1, -0.05) is 12.1 Å². The summed E-state index contributed by atoms with van der Waals surface area (Å²) in [5, 5.41) is 9.38. The average Bonchev–Trinajstić information content (AvgIpc) is 2.62. The molecule has 0 radical (unpaired) electrons. The second kappa shape index (κ2) is 6.76. The maximum absolute atomic E-state index is 9.38. The number of nitriles is 1. The Kier molecular flexibility index (Phi) is 4.35. The Morgan fingerprint density at radius 3 is 2.32 bits per heavy atom. The molecule has 3 rings (SSSR count). The molecule has 1 heterocycles. The molecule has 0 saturated heterocycles. The van der Waals surface area contributed by atoms with Crippen LogP contribution in [-0.4, -0.2) is 17.1 Å². The van der Waals surface area contributed by atoms with Crippen molar-refractivity contribution < 1.29 is 9.47 Å². The Morgan fingerprint density at radius 2 is 1.64 bits per heavy atom. The van der Waals surface area contributed by atoms with Gasteiger partial charge in [0.2, 0.25) is 5.95 Å². The topological polar surface area (TPSA) is 120 Å². The van der Waals surface area contributed by atoms with Crippen LogP contribution in [0.25, 0.3) is 11.3 Å². The molecule has 124 valence electrons. The first kappa shape index (κ1) is 16.1. The van der Waals surface area contributed by atoms with Gasteiger partial charge in [0.1, 0.15) is 34.7 Å². The number of ether oxygens (including phenoxy) is 2. The van der Waals surface area contributed by atoms with Gasteiger partial charge in [0.15, 0.2) is 0 Å². The predicted octanol–water partition coefficient (Wildman–Crippen LogP) is 2.98. The van der Waals surface area contributed by atoms with Crippen LogP contribution in [0, 0.1) is 11.3 Å². The fourth-order valence-corrected chi connectivity index (χ4v) is 2.32. The molecule has 0 unspecified atom stereocenters. The summed E-state index contributed by atoms with van der Waals surface area (Å²) in [6, 6.07) is 16.3. The molecule has 0 aliphatic heterocycles. The van der Waals surface area contributed by atoms with Gasteiger partial charge < -0.3 is 20.9 Å². The summed E-state index contributed by atoms with van der Waals surface area (Å²) in [5.41, 5.74) is 12.6. The number of nitrogens with two attached hydrogens (primary N) is 2. The Labute approximate surface area is 144 Å². The van der Waals surface area contributed by atoms with Gasteiger partial charge in [0.25, 0.3) is 0 Å². The minimum absolute atomic E-state index is 0.00856. The molecule has 0 atom stereocenters. The fourth-order valence-electron chi connectivity index (χ4n) is 2.32. The highest BCUT2D eigenvalue weighted by molar-refractivity contribution is 5.77. The SMILES string of the molecule is COc1ccc(Oc2ccccc2-c2nc(N)nc(N)c2C#N)cc1. The zero-order valence-corrected chi connectivity index (χ0v) is 13.4. The molecule has 3 aromatic rings. The molecule has 7 heteroatoms. The molecule has 4 N–H and O–H groups in total. The van der Waals surface area contributed by atoms with Crippen LogP contribution < -0.4 is 20.9 Å². The van der Waals surface area contributed by atoms with Gasteiger partial charge in [-0.05, 0) is 36.4 Å².